The van der Waals surface area contributed by atoms with E-state index in [2.05, 4.69) is 15.9 Å². The minimum Gasteiger partial charge on any atom is -0.378 e. The number of Topliss-reactive ketones (excluding diaryl/α,β-unsaturated/α-hetero) is 1. The summed E-state index contributed by atoms with van der Waals surface area (Å²) in [4.78, 5) is 12.0. The van der Waals surface area contributed by atoms with Crippen LogP contribution in [-0.4, -0.2) is 18.5 Å². The van der Waals surface area contributed by atoms with Crippen LogP contribution in [0.15, 0.2) is 16.6 Å². The zero-order valence-corrected chi connectivity index (χ0v) is 12.9. The van der Waals surface area contributed by atoms with Gasteiger partial charge in [0.25, 0.3) is 0 Å². The van der Waals surface area contributed by atoms with Gasteiger partial charge in [0.05, 0.1) is 16.7 Å². The van der Waals surface area contributed by atoms with Gasteiger partial charge in [-0.2, -0.15) is 0 Å². The first-order chi connectivity index (χ1) is 9.01. The summed E-state index contributed by atoms with van der Waals surface area (Å²) in [5.41, 5.74) is 0.0769. The van der Waals surface area contributed by atoms with Crippen LogP contribution in [0.1, 0.15) is 36.5 Å². The fourth-order valence-electron chi connectivity index (χ4n) is 2.32. The van der Waals surface area contributed by atoms with Crippen LogP contribution in [-0.2, 0) is 4.74 Å². The standard InChI is InChI=1S/C14H15BrClFO2/c1-2-19-9-3-8(4-9)5-14(18)10-6-12(16)11(15)7-13(10)17/h6-9H,2-5H2,1H3. The van der Waals surface area contributed by atoms with E-state index in [1.165, 1.54) is 12.1 Å². The maximum absolute atomic E-state index is 13.7. The van der Waals surface area contributed by atoms with Crippen molar-refractivity contribution in [2.45, 2.75) is 32.3 Å². The van der Waals surface area contributed by atoms with E-state index in [-0.39, 0.29) is 17.5 Å². The van der Waals surface area contributed by atoms with Crippen molar-refractivity contribution in [1.29, 1.82) is 0 Å². The molecule has 0 spiro atoms. The Bertz CT molecular complexity index is 487. The smallest absolute Gasteiger partial charge is 0.166 e. The highest BCUT2D eigenvalue weighted by Gasteiger charge is 2.31. The van der Waals surface area contributed by atoms with Crippen molar-refractivity contribution >= 4 is 33.3 Å². The minimum absolute atomic E-state index is 0.0769. The van der Waals surface area contributed by atoms with Gasteiger partial charge in [-0.1, -0.05) is 11.6 Å². The molecule has 1 saturated carbocycles. The molecule has 0 heterocycles. The molecule has 2 nitrogen and oxygen atoms in total. The lowest BCUT2D eigenvalue weighted by Crippen LogP contribution is -2.32. The second kappa shape index (κ2) is 6.33. The summed E-state index contributed by atoms with van der Waals surface area (Å²) < 4.78 is 19.6. The van der Waals surface area contributed by atoms with E-state index in [1.54, 1.807) is 0 Å². The summed E-state index contributed by atoms with van der Waals surface area (Å²) in [5, 5.41) is 0.352. The van der Waals surface area contributed by atoms with Gasteiger partial charge in [-0.25, -0.2) is 4.39 Å². The Hall–Kier alpha value is -0.450. The highest BCUT2D eigenvalue weighted by molar-refractivity contribution is 9.10. The molecule has 0 N–H and O–H groups in total. The average Bonchev–Trinajstić information content (AvgIpc) is 2.31. The maximum Gasteiger partial charge on any atom is 0.166 e. The first kappa shape index (κ1) is 14.9. The first-order valence-corrected chi connectivity index (χ1v) is 7.47. The molecule has 1 fully saturated rings. The van der Waals surface area contributed by atoms with Crippen molar-refractivity contribution in [3.63, 3.8) is 0 Å². The fourth-order valence-corrected chi connectivity index (χ4v) is 2.80. The number of hydrogen-bond acceptors (Lipinski definition) is 2. The van der Waals surface area contributed by atoms with E-state index in [4.69, 9.17) is 16.3 Å². The number of carbonyl (C=O) groups excluding carboxylic acids is 1. The largest absolute Gasteiger partial charge is 0.378 e. The molecule has 0 saturated heterocycles. The third-order valence-corrected chi connectivity index (χ3v) is 4.58. The Morgan fingerprint density at radius 3 is 2.84 bits per heavy atom. The molecular formula is C14H15BrClFO2. The third-order valence-electron chi connectivity index (χ3n) is 3.38. The predicted octanol–water partition coefficient (Wildman–Crippen LogP) is 4.63. The summed E-state index contributed by atoms with van der Waals surface area (Å²) in [5.74, 6) is -0.417. The molecule has 0 aromatic heterocycles. The van der Waals surface area contributed by atoms with Gasteiger partial charge in [-0.05, 0) is 53.7 Å². The zero-order chi connectivity index (χ0) is 14.0. The number of benzene rings is 1. The quantitative estimate of drug-likeness (QED) is 0.572. The predicted molar refractivity (Wildman–Crippen MR) is 76.2 cm³/mol. The first-order valence-electron chi connectivity index (χ1n) is 6.30. The van der Waals surface area contributed by atoms with Crippen LogP contribution in [0.4, 0.5) is 4.39 Å². The Balaban J connectivity index is 1.96. The third kappa shape index (κ3) is 3.56. The second-order valence-corrected chi connectivity index (χ2v) is 6.05. The normalized spacial score (nSPS) is 22.1. The van der Waals surface area contributed by atoms with Crippen molar-refractivity contribution in [2.75, 3.05) is 6.61 Å². The van der Waals surface area contributed by atoms with Crippen molar-refractivity contribution in [3.8, 4) is 0 Å². The lowest BCUT2D eigenvalue weighted by Gasteiger charge is -2.34. The Kier molecular flexibility index (Phi) is 4.98. The number of halogens is 3. The van der Waals surface area contributed by atoms with Crippen molar-refractivity contribution in [2.24, 2.45) is 5.92 Å². The molecule has 19 heavy (non-hydrogen) atoms. The second-order valence-electron chi connectivity index (χ2n) is 4.79. The fraction of sp³-hybridized carbons (Fsp3) is 0.500. The SMILES string of the molecule is CCOC1CC(CC(=O)c2cc(Cl)c(Br)cc2F)C1. The van der Waals surface area contributed by atoms with Gasteiger partial charge in [0, 0.05) is 17.5 Å². The van der Waals surface area contributed by atoms with E-state index in [0.717, 1.165) is 12.8 Å². The molecule has 2 rings (SSSR count). The van der Waals surface area contributed by atoms with Crippen LogP contribution in [0.2, 0.25) is 5.02 Å². The molecule has 104 valence electrons. The molecule has 1 aliphatic carbocycles. The van der Waals surface area contributed by atoms with Gasteiger partial charge in [0.15, 0.2) is 5.78 Å². The molecule has 1 aromatic carbocycles. The summed E-state index contributed by atoms with van der Waals surface area (Å²) in [7, 11) is 0. The number of carbonyl (C=O) groups is 1. The summed E-state index contributed by atoms with van der Waals surface area (Å²) >= 11 is 9.02. The number of rotatable bonds is 5. The van der Waals surface area contributed by atoms with Crippen LogP contribution in [0.5, 0.6) is 0 Å². The maximum atomic E-state index is 13.7. The lowest BCUT2D eigenvalue weighted by molar-refractivity contribution is -0.0246. The van der Waals surface area contributed by atoms with E-state index >= 15 is 0 Å². The van der Waals surface area contributed by atoms with Gasteiger partial charge in [0.1, 0.15) is 5.82 Å². The minimum atomic E-state index is -0.526. The van der Waals surface area contributed by atoms with Gasteiger partial charge in [0.2, 0.25) is 0 Å². The van der Waals surface area contributed by atoms with E-state index in [0.29, 0.717) is 28.4 Å². The van der Waals surface area contributed by atoms with Crippen LogP contribution in [0, 0.1) is 11.7 Å². The topological polar surface area (TPSA) is 26.3 Å². The van der Waals surface area contributed by atoms with Crippen LogP contribution >= 0.6 is 27.5 Å². The van der Waals surface area contributed by atoms with Gasteiger partial charge >= 0.3 is 0 Å². The molecule has 0 bridgehead atoms. The number of hydrogen-bond donors (Lipinski definition) is 0. The molecule has 0 radical (unpaired) electrons. The molecule has 5 heteroatoms. The summed E-state index contributed by atoms with van der Waals surface area (Å²) in [6.07, 6.45) is 2.39. The molecule has 0 aliphatic heterocycles. The Morgan fingerprint density at radius 2 is 2.21 bits per heavy atom. The van der Waals surface area contributed by atoms with Crippen LogP contribution in [0.3, 0.4) is 0 Å². The Labute approximate surface area is 125 Å². The lowest BCUT2D eigenvalue weighted by atomic mass is 9.78. The van der Waals surface area contributed by atoms with E-state index in [9.17, 15) is 9.18 Å². The highest BCUT2D eigenvalue weighted by atomic mass is 79.9. The van der Waals surface area contributed by atoms with E-state index in [1.807, 2.05) is 6.92 Å². The molecule has 1 aliphatic rings. The van der Waals surface area contributed by atoms with Crippen LogP contribution < -0.4 is 0 Å². The molecule has 0 unspecified atom stereocenters. The number of ether oxygens (including phenoxy) is 1. The van der Waals surface area contributed by atoms with Gasteiger partial charge in [-0.15, -0.1) is 0 Å². The molecule has 0 amide bonds. The molecule has 1 aromatic rings. The van der Waals surface area contributed by atoms with Crippen LogP contribution in [0.25, 0.3) is 0 Å². The van der Waals surface area contributed by atoms with Gasteiger partial charge in [-0.3, -0.25) is 4.79 Å². The monoisotopic (exact) mass is 348 g/mol. The molecule has 0 atom stereocenters. The molecular weight excluding hydrogens is 335 g/mol. The van der Waals surface area contributed by atoms with Crippen molar-refractivity contribution < 1.29 is 13.9 Å². The summed E-state index contributed by atoms with van der Waals surface area (Å²) in [6, 6.07) is 2.63. The van der Waals surface area contributed by atoms with Crippen molar-refractivity contribution in [3.05, 3.63) is 33.0 Å². The highest BCUT2D eigenvalue weighted by Crippen LogP contribution is 2.34. The van der Waals surface area contributed by atoms with Crippen molar-refractivity contribution in [1.82, 2.24) is 0 Å². The Morgan fingerprint density at radius 1 is 1.53 bits per heavy atom. The average molecular weight is 350 g/mol. The zero-order valence-electron chi connectivity index (χ0n) is 10.6. The van der Waals surface area contributed by atoms with Gasteiger partial charge < -0.3 is 4.74 Å². The van der Waals surface area contributed by atoms with E-state index < -0.39 is 5.82 Å². The number of ketones is 1. The summed E-state index contributed by atoms with van der Waals surface area (Å²) in [6.45, 7) is 2.65.